The van der Waals surface area contributed by atoms with Gasteiger partial charge in [0.1, 0.15) is 5.00 Å². The highest BCUT2D eigenvalue weighted by molar-refractivity contribution is 8.01. The number of esters is 1. The molecule has 0 aliphatic carbocycles. The van der Waals surface area contributed by atoms with Gasteiger partial charge in [0.2, 0.25) is 5.91 Å². The van der Waals surface area contributed by atoms with E-state index in [1.165, 1.54) is 34.4 Å². The van der Waals surface area contributed by atoms with Crippen molar-refractivity contribution in [2.45, 2.75) is 31.5 Å². The third-order valence-corrected chi connectivity index (χ3v) is 7.43. The number of aromatic nitrogens is 1. The largest absolute Gasteiger partial charge is 0.462 e. The molecule has 0 atom stereocenters. The number of thiophene rings is 1. The van der Waals surface area contributed by atoms with Crippen LogP contribution in [0.5, 0.6) is 0 Å². The maximum absolute atomic E-state index is 12.5. The molecule has 0 saturated carbocycles. The summed E-state index contributed by atoms with van der Waals surface area (Å²) in [6.45, 7) is 5.99. The topological polar surface area (TPSA) is 68.3 Å². The molecular weight excluding hydrogens is 436 g/mol. The first-order chi connectivity index (χ1) is 13.4. The zero-order valence-corrected chi connectivity index (χ0v) is 18.8. The lowest BCUT2D eigenvalue weighted by Gasteiger charge is -2.07. The van der Waals surface area contributed by atoms with Crippen LogP contribution in [0.1, 0.15) is 34.6 Å². The van der Waals surface area contributed by atoms with E-state index in [4.69, 9.17) is 16.3 Å². The van der Waals surface area contributed by atoms with E-state index in [-0.39, 0.29) is 11.7 Å². The number of nitrogens with zero attached hydrogens (tertiary/aromatic N) is 1. The number of halogens is 1. The number of ether oxygens (including phenoxy) is 1. The molecule has 5 nitrogen and oxygen atoms in total. The minimum atomic E-state index is -0.394. The van der Waals surface area contributed by atoms with Crippen molar-refractivity contribution in [1.82, 2.24) is 4.98 Å². The van der Waals surface area contributed by atoms with Crippen molar-refractivity contribution in [3.8, 4) is 0 Å². The van der Waals surface area contributed by atoms with Gasteiger partial charge in [-0.05, 0) is 44.0 Å². The predicted molar refractivity (Wildman–Crippen MR) is 118 cm³/mol. The van der Waals surface area contributed by atoms with E-state index < -0.39 is 5.97 Å². The average molecular weight is 455 g/mol. The molecule has 0 saturated heterocycles. The highest BCUT2D eigenvalue weighted by Crippen LogP contribution is 2.35. The van der Waals surface area contributed by atoms with Crippen LogP contribution >= 0.6 is 46.0 Å². The third-order valence-electron chi connectivity index (χ3n) is 3.95. The minimum absolute atomic E-state index is 0.184. The van der Waals surface area contributed by atoms with Crippen LogP contribution in [-0.2, 0) is 16.0 Å². The zero-order valence-electron chi connectivity index (χ0n) is 15.6. The number of fused-ring (bicyclic) bond motifs is 1. The molecule has 0 unspecified atom stereocenters. The van der Waals surface area contributed by atoms with E-state index in [1.807, 2.05) is 32.0 Å². The van der Waals surface area contributed by atoms with Crippen molar-refractivity contribution >= 4 is 73.1 Å². The molecule has 0 spiro atoms. The van der Waals surface area contributed by atoms with Gasteiger partial charge in [0.05, 0.1) is 28.1 Å². The fourth-order valence-electron chi connectivity index (χ4n) is 2.74. The van der Waals surface area contributed by atoms with Crippen LogP contribution in [0.2, 0.25) is 5.02 Å². The van der Waals surface area contributed by atoms with Gasteiger partial charge in [-0.2, -0.15) is 0 Å². The maximum atomic E-state index is 12.5. The lowest BCUT2D eigenvalue weighted by atomic mass is 10.1. The first kappa shape index (κ1) is 21.1. The van der Waals surface area contributed by atoms with Crippen LogP contribution in [0.25, 0.3) is 10.2 Å². The molecule has 1 N–H and O–H groups in total. The van der Waals surface area contributed by atoms with E-state index >= 15 is 0 Å². The predicted octanol–water partition coefficient (Wildman–Crippen LogP) is 5.79. The maximum Gasteiger partial charge on any atom is 0.341 e. The number of nitrogens with one attached hydrogen (secondary N) is 1. The summed E-state index contributed by atoms with van der Waals surface area (Å²) < 4.78 is 7.00. The van der Waals surface area contributed by atoms with Gasteiger partial charge in [-0.1, -0.05) is 30.3 Å². The van der Waals surface area contributed by atoms with Crippen LogP contribution in [0.3, 0.4) is 0 Å². The Hall–Kier alpha value is -1.61. The van der Waals surface area contributed by atoms with E-state index in [0.29, 0.717) is 28.6 Å². The van der Waals surface area contributed by atoms with Crippen molar-refractivity contribution in [3.63, 3.8) is 0 Å². The Balaban J connectivity index is 1.71. The third kappa shape index (κ3) is 4.68. The van der Waals surface area contributed by atoms with Gasteiger partial charge in [-0.3, -0.25) is 4.79 Å². The summed E-state index contributed by atoms with van der Waals surface area (Å²) in [4.78, 5) is 30.3. The Labute approximate surface area is 180 Å². The Morgan fingerprint density at radius 2 is 2.07 bits per heavy atom. The van der Waals surface area contributed by atoms with Gasteiger partial charge in [0.25, 0.3) is 0 Å². The quantitative estimate of drug-likeness (QED) is 0.361. The normalized spacial score (nSPS) is 11.0. The van der Waals surface area contributed by atoms with Crippen molar-refractivity contribution < 1.29 is 14.3 Å². The van der Waals surface area contributed by atoms with Crippen molar-refractivity contribution in [2.75, 3.05) is 17.7 Å². The van der Waals surface area contributed by atoms with Gasteiger partial charge >= 0.3 is 5.97 Å². The summed E-state index contributed by atoms with van der Waals surface area (Å²) in [5.41, 5.74) is 2.22. The summed E-state index contributed by atoms with van der Waals surface area (Å²) in [5, 5.41) is 4.06. The van der Waals surface area contributed by atoms with E-state index in [9.17, 15) is 9.59 Å². The second-order valence-corrected chi connectivity index (χ2v) is 9.76. The lowest BCUT2D eigenvalue weighted by Crippen LogP contribution is -2.16. The summed E-state index contributed by atoms with van der Waals surface area (Å²) in [5.74, 6) is -0.375. The van der Waals surface area contributed by atoms with Gasteiger partial charge < -0.3 is 10.1 Å². The smallest absolute Gasteiger partial charge is 0.341 e. The number of carbonyl (C=O) groups excluding carboxylic acids is 2. The number of thiazole rings is 1. The molecule has 1 aromatic carbocycles. The van der Waals surface area contributed by atoms with Gasteiger partial charge in [0.15, 0.2) is 4.34 Å². The molecule has 0 aliphatic heterocycles. The summed E-state index contributed by atoms with van der Waals surface area (Å²) in [6.07, 6.45) is 0.704. The Bertz CT molecular complexity index is 1030. The average Bonchev–Trinajstić information content (AvgIpc) is 3.19. The fourth-order valence-corrected chi connectivity index (χ4v) is 5.91. The van der Waals surface area contributed by atoms with Gasteiger partial charge in [0, 0.05) is 9.90 Å². The zero-order chi connectivity index (χ0) is 20.3. The molecule has 0 fully saturated rings. The Morgan fingerprint density at radius 3 is 2.79 bits per heavy atom. The van der Waals surface area contributed by atoms with Crippen LogP contribution in [0, 0.1) is 6.92 Å². The van der Waals surface area contributed by atoms with E-state index in [1.54, 1.807) is 6.92 Å². The summed E-state index contributed by atoms with van der Waals surface area (Å²) in [7, 11) is 0. The standard InChI is InChI=1S/C19H19ClN2O3S3/c1-4-12-10(3)27-17(16(12)18(24)25-5-2)22-15(23)9-26-19-21-13-8-11(20)6-7-14(13)28-19/h6-8H,4-5,9H2,1-3H3,(H,22,23). The highest BCUT2D eigenvalue weighted by atomic mass is 35.5. The fraction of sp³-hybridized carbons (Fsp3) is 0.316. The van der Waals surface area contributed by atoms with Crippen molar-refractivity contribution in [3.05, 3.63) is 39.2 Å². The van der Waals surface area contributed by atoms with Crippen molar-refractivity contribution in [2.24, 2.45) is 0 Å². The molecule has 2 heterocycles. The number of aryl methyl sites for hydroxylation is 1. The van der Waals surface area contributed by atoms with Crippen LogP contribution in [0.15, 0.2) is 22.5 Å². The number of rotatable bonds is 7. The number of hydrogen-bond donors (Lipinski definition) is 1. The van der Waals surface area contributed by atoms with Crippen LogP contribution < -0.4 is 5.32 Å². The molecule has 9 heteroatoms. The second-order valence-electron chi connectivity index (χ2n) is 5.84. The number of hydrogen-bond acceptors (Lipinski definition) is 7. The first-order valence-corrected chi connectivity index (χ1v) is 11.7. The monoisotopic (exact) mass is 454 g/mol. The Morgan fingerprint density at radius 1 is 1.29 bits per heavy atom. The first-order valence-electron chi connectivity index (χ1n) is 8.71. The summed E-state index contributed by atoms with van der Waals surface area (Å²) >= 11 is 10.3. The lowest BCUT2D eigenvalue weighted by molar-refractivity contribution is -0.113. The molecule has 1 amide bonds. The van der Waals surface area contributed by atoms with E-state index in [2.05, 4.69) is 10.3 Å². The summed E-state index contributed by atoms with van der Waals surface area (Å²) in [6, 6.07) is 5.56. The minimum Gasteiger partial charge on any atom is -0.462 e. The molecule has 3 aromatic rings. The number of anilines is 1. The molecule has 3 rings (SSSR count). The molecule has 0 aliphatic rings. The number of benzene rings is 1. The van der Waals surface area contributed by atoms with Crippen molar-refractivity contribution in [1.29, 1.82) is 0 Å². The second kappa shape index (κ2) is 9.26. The van der Waals surface area contributed by atoms with Crippen LogP contribution in [-0.4, -0.2) is 29.2 Å². The van der Waals surface area contributed by atoms with E-state index in [0.717, 1.165) is 25.0 Å². The number of amides is 1. The SMILES string of the molecule is CCOC(=O)c1c(NC(=O)CSc2nc3cc(Cl)ccc3s2)sc(C)c1CC. The van der Waals surface area contributed by atoms with Gasteiger partial charge in [-0.25, -0.2) is 9.78 Å². The molecule has 28 heavy (non-hydrogen) atoms. The van der Waals surface area contributed by atoms with Gasteiger partial charge in [-0.15, -0.1) is 22.7 Å². The Kier molecular flexibility index (Phi) is 6.98. The molecule has 148 valence electrons. The van der Waals surface area contributed by atoms with Crippen LogP contribution in [0.4, 0.5) is 5.00 Å². The number of carbonyl (C=O) groups is 2. The number of thioether (sulfide) groups is 1. The molecule has 2 aromatic heterocycles. The molecule has 0 bridgehead atoms. The highest BCUT2D eigenvalue weighted by Gasteiger charge is 2.23. The molecular formula is C19H19ClN2O3S3. The molecule has 0 radical (unpaired) electrons.